The predicted molar refractivity (Wildman–Crippen MR) is 81.1 cm³/mol. The molecule has 2 rings (SSSR count). The van der Waals surface area contributed by atoms with Gasteiger partial charge in [0.25, 0.3) is 0 Å². The topological polar surface area (TPSA) is 29.1 Å². The molecule has 1 N–H and O–H groups in total. The number of halogens is 2. The Bertz CT molecular complexity index is 551. The van der Waals surface area contributed by atoms with Gasteiger partial charge in [0.05, 0.1) is 6.42 Å². The summed E-state index contributed by atoms with van der Waals surface area (Å²) in [5, 5.41) is 3.59. The van der Waals surface area contributed by atoms with Gasteiger partial charge >= 0.3 is 0 Å². The largest absolute Gasteiger partial charge is 0.352 e. The Morgan fingerprint density at radius 2 is 1.58 bits per heavy atom. The van der Waals surface area contributed by atoms with E-state index in [0.29, 0.717) is 18.0 Å². The van der Waals surface area contributed by atoms with E-state index in [0.717, 1.165) is 15.6 Å². The Hall–Kier alpha value is -1.32. The van der Waals surface area contributed by atoms with Gasteiger partial charge in [-0.2, -0.15) is 0 Å². The lowest BCUT2D eigenvalue weighted by atomic mass is 10.1. The van der Waals surface area contributed by atoms with Crippen molar-refractivity contribution in [1.29, 1.82) is 0 Å². The van der Waals surface area contributed by atoms with Gasteiger partial charge in [0.1, 0.15) is 0 Å². The van der Waals surface area contributed by atoms with Gasteiger partial charge in [0.15, 0.2) is 0 Å². The second-order valence-corrected chi connectivity index (χ2v) is 5.56. The molecule has 0 aliphatic heterocycles. The van der Waals surface area contributed by atoms with Gasteiger partial charge in [-0.15, -0.1) is 0 Å². The minimum atomic E-state index is 0.0114. The number of carbonyl (C=O) groups is 1. The van der Waals surface area contributed by atoms with Crippen LogP contribution in [0.1, 0.15) is 11.1 Å². The van der Waals surface area contributed by atoms with E-state index in [2.05, 4.69) is 21.2 Å². The maximum atomic E-state index is 11.8. The third kappa shape index (κ3) is 4.69. The molecule has 0 unspecified atom stereocenters. The van der Waals surface area contributed by atoms with Crippen LogP contribution in [0.2, 0.25) is 5.02 Å². The highest BCUT2D eigenvalue weighted by Crippen LogP contribution is 2.11. The molecule has 4 heteroatoms. The lowest BCUT2D eigenvalue weighted by Crippen LogP contribution is -2.24. The van der Waals surface area contributed by atoms with Gasteiger partial charge in [-0.3, -0.25) is 4.79 Å². The molecular formula is C15H13BrClNO. The van der Waals surface area contributed by atoms with E-state index in [9.17, 15) is 4.79 Å². The smallest absolute Gasteiger partial charge is 0.224 e. The molecule has 2 aromatic carbocycles. The molecular weight excluding hydrogens is 326 g/mol. The summed E-state index contributed by atoms with van der Waals surface area (Å²) in [6.45, 7) is 0.520. The fourth-order valence-electron chi connectivity index (χ4n) is 1.65. The van der Waals surface area contributed by atoms with Gasteiger partial charge < -0.3 is 5.32 Å². The van der Waals surface area contributed by atoms with E-state index in [1.807, 2.05) is 48.5 Å². The molecule has 0 aromatic heterocycles. The maximum absolute atomic E-state index is 11.8. The SMILES string of the molecule is O=C(Cc1ccc(Br)cc1)NCc1ccc(Cl)cc1. The summed E-state index contributed by atoms with van der Waals surface area (Å²) in [4.78, 5) is 11.8. The summed E-state index contributed by atoms with van der Waals surface area (Å²) < 4.78 is 1.01. The Morgan fingerprint density at radius 1 is 1.00 bits per heavy atom. The molecule has 0 atom stereocenters. The molecule has 0 saturated carbocycles. The quantitative estimate of drug-likeness (QED) is 0.898. The third-order valence-electron chi connectivity index (χ3n) is 2.68. The summed E-state index contributed by atoms with van der Waals surface area (Å²) in [6, 6.07) is 15.2. The molecule has 0 spiro atoms. The first kappa shape index (κ1) is 14.1. The summed E-state index contributed by atoms with van der Waals surface area (Å²) in [7, 11) is 0. The number of rotatable bonds is 4. The van der Waals surface area contributed by atoms with Crippen molar-refractivity contribution in [3.63, 3.8) is 0 Å². The van der Waals surface area contributed by atoms with Crippen LogP contribution >= 0.6 is 27.5 Å². The highest BCUT2D eigenvalue weighted by Gasteiger charge is 2.03. The summed E-state index contributed by atoms with van der Waals surface area (Å²) in [5.74, 6) is 0.0114. The van der Waals surface area contributed by atoms with E-state index < -0.39 is 0 Å². The van der Waals surface area contributed by atoms with Gasteiger partial charge in [-0.1, -0.05) is 51.8 Å². The van der Waals surface area contributed by atoms with Crippen molar-refractivity contribution in [1.82, 2.24) is 5.32 Å². The zero-order valence-corrected chi connectivity index (χ0v) is 12.5. The second kappa shape index (κ2) is 6.73. The van der Waals surface area contributed by atoms with E-state index in [-0.39, 0.29) is 5.91 Å². The van der Waals surface area contributed by atoms with E-state index in [1.165, 1.54) is 0 Å². The lowest BCUT2D eigenvalue weighted by Gasteiger charge is -2.06. The minimum absolute atomic E-state index is 0.0114. The molecule has 0 aliphatic rings. The predicted octanol–water partition coefficient (Wildman–Crippen LogP) is 3.96. The molecule has 0 heterocycles. The Morgan fingerprint density at radius 3 is 2.21 bits per heavy atom. The van der Waals surface area contributed by atoms with Crippen molar-refractivity contribution in [3.05, 3.63) is 69.2 Å². The lowest BCUT2D eigenvalue weighted by molar-refractivity contribution is -0.120. The van der Waals surface area contributed by atoms with Crippen LogP contribution in [0.15, 0.2) is 53.0 Å². The highest BCUT2D eigenvalue weighted by atomic mass is 79.9. The average molecular weight is 339 g/mol. The zero-order valence-electron chi connectivity index (χ0n) is 10.2. The molecule has 0 saturated heterocycles. The fraction of sp³-hybridized carbons (Fsp3) is 0.133. The van der Waals surface area contributed by atoms with Crippen molar-refractivity contribution >= 4 is 33.4 Å². The van der Waals surface area contributed by atoms with Crippen molar-refractivity contribution in [2.24, 2.45) is 0 Å². The molecule has 0 aliphatic carbocycles. The van der Waals surface area contributed by atoms with Crippen molar-refractivity contribution < 1.29 is 4.79 Å². The van der Waals surface area contributed by atoms with E-state index >= 15 is 0 Å². The first-order valence-electron chi connectivity index (χ1n) is 5.89. The minimum Gasteiger partial charge on any atom is -0.352 e. The standard InChI is InChI=1S/C15H13BrClNO/c16-13-5-1-11(2-6-13)9-15(19)18-10-12-3-7-14(17)8-4-12/h1-8H,9-10H2,(H,18,19). The van der Waals surface area contributed by atoms with E-state index in [1.54, 1.807) is 0 Å². The first-order chi connectivity index (χ1) is 9.13. The van der Waals surface area contributed by atoms with Crippen LogP contribution in [0.4, 0.5) is 0 Å². The van der Waals surface area contributed by atoms with E-state index in [4.69, 9.17) is 11.6 Å². The van der Waals surface area contributed by atoms with Crippen molar-refractivity contribution in [2.75, 3.05) is 0 Å². The highest BCUT2D eigenvalue weighted by molar-refractivity contribution is 9.10. The van der Waals surface area contributed by atoms with Crippen LogP contribution in [0.25, 0.3) is 0 Å². The fourth-order valence-corrected chi connectivity index (χ4v) is 2.04. The van der Waals surface area contributed by atoms with Crippen LogP contribution in [0.3, 0.4) is 0 Å². The zero-order chi connectivity index (χ0) is 13.7. The average Bonchev–Trinajstić information content (AvgIpc) is 2.41. The number of hydrogen-bond acceptors (Lipinski definition) is 1. The molecule has 0 bridgehead atoms. The molecule has 0 fully saturated rings. The first-order valence-corrected chi connectivity index (χ1v) is 7.06. The van der Waals surface area contributed by atoms with Gasteiger partial charge in [0.2, 0.25) is 5.91 Å². The molecule has 98 valence electrons. The van der Waals surface area contributed by atoms with Gasteiger partial charge in [-0.05, 0) is 35.4 Å². The monoisotopic (exact) mass is 337 g/mol. The van der Waals surface area contributed by atoms with Crippen LogP contribution < -0.4 is 5.32 Å². The molecule has 0 radical (unpaired) electrons. The number of amides is 1. The summed E-state index contributed by atoms with van der Waals surface area (Å²) in [5.41, 5.74) is 2.03. The summed E-state index contributed by atoms with van der Waals surface area (Å²) >= 11 is 9.17. The normalized spacial score (nSPS) is 10.2. The van der Waals surface area contributed by atoms with Crippen LogP contribution in [-0.4, -0.2) is 5.91 Å². The van der Waals surface area contributed by atoms with Crippen LogP contribution in [0, 0.1) is 0 Å². The molecule has 2 nitrogen and oxygen atoms in total. The number of carbonyl (C=O) groups excluding carboxylic acids is 1. The number of hydrogen-bond donors (Lipinski definition) is 1. The molecule has 19 heavy (non-hydrogen) atoms. The number of nitrogens with one attached hydrogen (secondary N) is 1. The van der Waals surface area contributed by atoms with Crippen LogP contribution in [-0.2, 0) is 17.8 Å². The van der Waals surface area contributed by atoms with Crippen LogP contribution in [0.5, 0.6) is 0 Å². The molecule has 2 aromatic rings. The van der Waals surface area contributed by atoms with Gasteiger partial charge in [0, 0.05) is 16.0 Å². The van der Waals surface area contributed by atoms with Crippen molar-refractivity contribution in [3.8, 4) is 0 Å². The Kier molecular flexibility index (Phi) is 5.00. The number of benzene rings is 2. The Labute approximate surface area is 125 Å². The molecule has 1 amide bonds. The second-order valence-electron chi connectivity index (χ2n) is 4.21. The van der Waals surface area contributed by atoms with Crippen molar-refractivity contribution in [2.45, 2.75) is 13.0 Å². The Balaban J connectivity index is 1.84. The van der Waals surface area contributed by atoms with Gasteiger partial charge in [-0.25, -0.2) is 0 Å². The maximum Gasteiger partial charge on any atom is 0.224 e. The summed E-state index contributed by atoms with van der Waals surface area (Å²) in [6.07, 6.45) is 0.390. The third-order valence-corrected chi connectivity index (χ3v) is 3.46.